The maximum atomic E-state index is 5.69. The van der Waals surface area contributed by atoms with E-state index in [0.717, 1.165) is 31.7 Å². The monoisotopic (exact) mass is 253 g/mol. The van der Waals surface area contributed by atoms with E-state index >= 15 is 0 Å². The molecule has 17 heavy (non-hydrogen) atoms. The van der Waals surface area contributed by atoms with Gasteiger partial charge in [0.2, 0.25) is 0 Å². The van der Waals surface area contributed by atoms with Crippen molar-refractivity contribution >= 4 is 11.8 Å². The molecule has 0 unspecified atom stereocenters. The number of benzene rings is 1. The van der Waals surface area contributed by atoms with Crippen LogP contribution >= 0.6 is 11.8 Å². The molecule has 0 fully saturated rings. The lowest BCUT2D eigenvalue weighted by molar-refractivity contribution is 0.309. The fourth-order valence-corrected chi connectivity index (χ4v) is 2.47. The highest BCUT2D eigenvalue weighted by atomic mass is 32.2. The topological polar surface area (TPSA) is 35.2 Å². The molecule has 2 N–H and O–H groups in total. The van der Waals surface area contributed by atoms with Gasteiger partial charge in [-0.15, -0.1) is 0 Å². The van der Waals surface area contributed by atoms with Crippen LogP contribution in [-0.4, -0.2) is 24.7 Å². The Kier molecular flexibility index (Phi) is 7.93. The van der Waals surface area contributed by atoms with Crippen LogP contribution in [-0.2, 0) is 0 Å². The zero-order valence-electron chi connectivity index (χ0n) is 10.7. The molecule has 0 aliphatic rings. The third kappa shape index (κ3) is 7.29. The summed E-state index contributed by atoms with van der Waals surface area (Å²) in [4.78, 5) is 0. The third-order valence-electron chi connectivity index (χ3n) is 2.43. The smallest absolute Gasteiger partial charge is 0.119 e. The summed E-state index contributed by atoms with van der Waals surface area (Å²) in [5.74, 6) is 3.40. The Morgan fingerprint density at radius 3 is 2.76 bits per heavy atom. The Morgan fingerprint density at radius 2 is 2.00 bits per heavy atom. The van der Waals surface area contributed by atoms with Gasteiger partial charge in [0.05, 0.1) is 6.61 Å². The molecule has 0 spiro atoms. The van der Waals surface area contributed by atoms with Crippen LogP contribution in [0.5, 0.6) is 5.75 Å². The quantitative estimate of drug-likeness (QED) is 0.686. The molecular formula is C14H23NOS. The van der Waals surface area contributed by atoms with Gasteiger partial charge in [-0.3, -0.25) is 0 Å². The van der Waals surface area contributed by atoms with Crippen molar-refractivity contribution in [1.29, 1.82) is 0 Å². The number of ether oxygens (including phenoxy) is 1. The van der Waals surface area contributed by atoms with E-state index in [0.29, 0.717) is 0 Å². The van der Waals surface area contributed by atoms with E-state index in [-0.39, 0.29) is 0 Å². The first-order valence-corrected chi connectivity index (χ1v) is 7.45. The van der Waals surface area contributed by atoms with Crippen LogP contribution < -0.4 is 10.5 Å². The summed E-state index contributed by atoms with van der Waals surface area (Å²) in [5.41, 5.74) is 6.68. The van der Waals surface area contributed by atoms with Crippen LogP contribution in [0.15, 0.2) is 24.3 Å². The van der Waals surface area contributed by atoms with Crippen molar-refractivity contribution < 1.29 is 4.74 Å². The van der Waals surface area contributed by atoms with Crippen molar-refractivity contribution in [3.63, 3.8) is 0 Å². The molecule has 1 aromatic carbocycles. The molecule has 0 atom stereocenters. The van der Waals surface area contributed by atoms with E-state index in [9.17, 15) is 0 Å². The Balaban J connectivity index is 1.97. The Labute approximate surface area is 109 Å². The van der Waals surface area contributed by atoms with Gasteiger partial charge in [0, 0.05) is 0 Å². The molecule has 1 rings (SSSR count). The van der Waals surface area contributed by atoms with Crippen LogP contribution in [0.2, 0.25) is 0 Å². The summed E-state index contributed by atoms with van der Waals surface area (Å²) in [6, 6.07) is 8.22. The second kappa shape index (κ2) is 9.37. The predicted octanol–water partition coefficient (Wildman–Crippen LogP) is 3.24. The van der Waals surface area contributed by atoms with Crippen LogP contribution in [0.1, 0.15) is 24.8 Å². The highest BCUT2D eigenvalue weighted by Crippen LogP contribution is 2.13. The summed E-state index contributed by atoms with van der Waals surface area (Å²) < 4.78 is 5.69. The highest BCUT2D eigenvalue weighted by molar-refractivity contribution is 7.99. The molecule has 0 saturated carbocycles. The van der Waals surface area contributed by atoms with Gasteiger partial charge in [-0.05, 0) is 61.9 Å². The van der Waals surface area contributed by atoms with Crippen molar-refractivity contribution in [2.24, 2.45) is 5.73 Å². The second-order valence-electron chi connectivity index (χ2n) is 4.13. The van der Waals surface area contributed by atoms with E-state index < -0.39 is 0 Å². The SMILES string of the molecule is Cc1cccc(OCCCCSCCCN)c1. The molecule has 0 radical (unpaired) electrons. The van der Waals surface area contributed by atoms with Crippen molar-refractivity contribution in [2.45, 2.75) is 26.2 Å². The Morgan fingerprint density at radius 1 is 1.18 bits per heavy atom. The summed E-state index contributed by atoms with van der Waals surface area (Å²) in [5, 5.41) is 0. The summed E-state index contributed by atoms with van der Waals surface area (Å²) in [6.45, 7) is 3.71. The van der Waals surface area contributed by atoms with Crippen LogP contribution in [0.25, 0.3) is 0 Å². The average Bonchev–Trinajstić information content (AvgIpc) is 2.33. The van der Waals surface area contributed by atoms with Gasteiger partial charge in [0.15, 0.2) is 0 Å². The first-order chi connectivity index (χ1) is 8.33. The largest absolute Gasteiger partial charge is 0.494 e. The van der Waals surface area contributed by atoms with Gasteiger partial charge >= 0.3 is 0 Å². The molecule has 1 aromatic rings. The zero-order valence-corrected chi connectivity index (χ0v) is 11.5. The minimum atomic E-state index is 0.809. The number of thioether (sulfide) groups is 1. The van der Waals surface area contributed by atoms with Crippen LogP contribution in [0.4, 0.5) is 0 Å². The van der Waals surface area contributed by atoms with Crippen LogP contribution in [0, 0.1) is 6.92 Å². The van der Waals surface area contributed by atoms with E-state index in [1.165, 1.54) is 23.5 Å². The highest BCUT2D eigenvalue weighted by Gasteiger charge is 1.94. The Bertz CT molecular complexity index is 304. The second-order valence-corrected chi connectivity index (χ2v) is 5.35. The normalized spacial score (nSPS) is 10.5. The first kappa shape index (κ1) is 14.4. The number of nitrogens with two attached hydrogens (primary N) is 1. The molecule has 0 saturated heterocycles. The minimum absolute atomic E-state index is 0.809. The average molecular weight is 253 g/mol. The summed E-state index contributed by atoms with van der Waals surface area (Å²) in [7, 11) is 0. The number of unbranched alkanes of at least 4 members (excludes halogenated alkanes) is 1. The third-order valence-corrected chi connectivity index (χ3v) is 3.59. The molecule has 96 valence electrons. The van der Waals surface area contributed by atoms with Crippen molar-refractivity contribution in [1.82, 2.24) is 0 Å². The molecular weight excluding hydrogens is 230 g/mol. The Hall–Kier alpha value is -0.670. The van der Waals surface area contributed by atoms with E-state index in [2.05, 4.69) is 19.1 Å². The lowest BCUT2D eigenvalue weighted by Gasteiger charge is -2.06. The number of hydrogen-bond acceptors (Lipinski definition) is 3. The van der Waals surface area contributed by atoms with Gasteiger partial charge in [-0.2, -0.15) is 11.8 Å². The molecule has 0 heterocycles. The van der Waals surface area contributed by atoms with Crippen molar-refractivity contribution in [3.05, 3.63) is 29.8 Å². The maximum absolute atomic E-state index is 5.69. The van der Waals surface area contributed by atoms with Gasteiger partial charge < -0.3 is 10.5 Å². The van der Waals surface area contributed by atoms with Gasteiger partial charge in [-0.25, -0.2) is 0 Å². The molecule has 2 nitrogen and oxygen atoms in total. The fourth-order valence-electron chi connectivity index (χ4n) is 1.49. The number of aryl methyl sites for hydroxylation is 1. The zero-order chi connectivity index (χ0) is 12.3. The van der Waals surface area contributed by atoms with Gasteiger partial charge in [0.25, 0.3) is 0 Å². The number of hydrogen-bond donors (Lipinski definition) is 1. The number of rotatable bonds is 9. The molecule has 0 amide bonds. The molecule has 0 bridgehead atoms. The molecule has 0 aliphatic carbocycles. The van der Waals surface area contributed by atoms with E-state index in [4.69, 9.17) is 10.5 Å². The van der Waals surface area contributed by atoms with E-state index in [1.807, 2.05) is 23.9 Å². The lowest BCUT2D eigenvalue weighted by atomic mass is 10.2. The molecule has 0 aromatic heterocycles. The molecule has 0 aliphatic heterocycles. The standard InChI is InChI=1S/C14H23NOS/c1-13-6-4-7-14(12-13)16-9-2-3-10-17-11-5-8-15/h4,6-7,12H,2-3,5,8-11,15H2,1H3. The summed E-state index contributed by atoms with van der Waals surface area (Å²) in [6.07, 6.45) is 3.48. The van der Waals surface area contributed by atoms with Crippen LogP contribution in [0.3, 0.4) is 0 Å². The molecule has 3 heteroatoms. The predicted molar refractivity (Wildman–Crippen MR) is 76.9 cm³/mol. The first-order valence-electron chi connectivity index (χ1n) is 6.30. The lowest BCUT2D eigenvalue weighted by Crippen LogP contribution is -2.01. The minimum Gasteiger partial charge on any atom is -0.494 e. The van der Waals surface area contributed by atoms with E-state index in [1.54, 1.807) is 0 Å². The van der Waals surface area contributed by atoms with Crippen molar-refractivity contribution in [2.75, 3.05) is 24.7 Å². The fraction of sp³-hybridized carbons (Fsp3) is 0.571. The van der Waals surface area contributed by atoms with Crippen molar-refractivity contribution in [3.8, 4) is 5.75 Å². The van der Waals surface area contributed by atoms with Gasteiger partial charge in [-0.1, -0.05) is 12.1 Å². The summed E-state index contributed by atoms with van der Waals surface area (Å²) >= 11 is 1.99. The maximum Gasteiger partial charge on any atom is 0.119 e. The van der Waals surface area contributed by atoms with Gasteiger partial charge in [0.1, 0.15) is 5.75 Å².